The molecule has 1 N–H and O–H groups in total. The first-order valence-corrected chi connectivity index (χ1v) is 8.77. The van der Waals surface area contributed by atoms with Gasteiger partial charge in [-0.15, -0.1) is 11.3 Å². The molecule has 2 unspecified atom stereocenters. The van der Waals surface area contributed by atoms with Gasteiger partial charge in [0.25, 0.3) is 0 Å². The van der Waals surface area contributed by atoms with Crippen LogP contribution in [0.3, 0.4) is 0 Å². The lowest BCUT2D eigenvalue weighted by molar-refractivity contribution is 0.175. The molecule has 112 valence electrons. The smallest absolute Gasteiger partial charge is 0.185 e. The van der Waals surface area contributed by atoms with Crippen molar-refractivity contribution in [1.82, 2.24) is 15.2 Å². The molecule has 2 fully saturated rings. The topological polar surface area (TPSA) is 31.4 Å². The summed E-state index contributed by atoms with van der Waals surface area (Å²) >= 11 is 1.80. The van der Waals surface area contributed by atoms with Gasteiger partial charge in [-0.05, 0) is 46.3 Å². The van der Waals surface area contributed by atoms with Crippen molar-refractivity contribution in [2.24, 2.45) is 0 Å². The highest BCUT2D eigenvalue weighted by Gasteiger charge is 2.29. The number of aromatic nitrogens is 1. The fraction of sp³-hybridized carbons (Fsp3) is 0.800. The van der Waals surface area contributed by atoms with E-state index in [0.29, 0.717) is 6.04 Å². The van der Waals surface area contributed by atoms with Crippen LogP contribution in [0.2, 0.25) is 0 Å². The first-order valence-electron chi connectivity index (χ1n) is 7.89. The summed E-state index contributed by atoms with van der Waals surface area (Å²) in [6.07, 6.45) is 5.50. The number of hydrogen-bond acceptors (Lipinski definition) is 5. The molecule has 4 nitrogen and oxygen atoms in total. The quantitative estimate of drug-likeness (QED) is 0.924. The third kappa shape index (κ3) is 3.00. The van der Waals surface area contributed by atoms with E-state index in [4.69, 9.17) is 4.98 Å². The lowest BCUT2D eigenvalue weighted by atomic mass is 10.1. The van der Waals surface area contributed by atoms with Crippen LogP contribution in [-0.4, -0.2) is 49.2 Å². The number of piperidine rings is 1. The largest absolute Gasteiger partial charge is 0.346 e. The molecule has 0 amide bonds. The average molecular weight is 294 g/mol. The molecule has 1 aromatic rings. The molecule has 3 heterocycles. The van der Waals surface area contributed by atoms with Gasteiger partial charge >= 0.3 is 0 Å². The molecule has 2 aliphatic heterocycles. The van der Waals surface area contributed by atoms with E-state index in [0.717, 1.165) is 6.04 Å². The van der Waals surface area contributed by atoms with E-state index in [1.165, 1.54) is 62.7 Å². The second-order valence-corrected chi connectivity index (χ2v) is 6.89. The normalized spacial score (nSPS) is 26.1. The lowest BCUT2D eigenvalue weighted by Gasteiger charge is -2.32. The maximum atomic E-state index is 4.81. The van der Waals surface area contributed by atoms with Crippen LogP contribution in [0.15, 0.2) is 5.38 Å². The Morgan fingerprint density at radius 1 is 1.30 bits per heavy atom. The summed E-state index contributed by atoms with van der Waals surface area (Å²) in [5.41, 5.74) is 1.17. The summed E-state index contributed by atoms with van der Waals surface area (Å²) in [5, 5.41) is 6.67. The zero-order valence-electron chi connectivity index (χ0n) is 12.6. The molecular formula is C15H26N4S. The Morgan fingerprint density at radius 3 is 2.85 bits per heavy atom. The zero-order chi connectivity index (χ0) is 13.9. The summed E-state index contributed by atoms with van der Waals surface area (Å²) in [7, 11) is 1.99. The van der Waals surface area contributed by atoms with Gasteiger partial charge in [0.2, 0.25) is 0 Å². The van der Waals surface area contributed by atoms with Crippen LogP contribution in [0.25, 0.3) is 0 Å². The van der Waals surface area contributed by atoms with E-state index in [1.807, 2.05) is 7.05 Å². The number of likely N-dealkylation sites (tertiary alicyclic amines) is 1. The molecule has 0 aliphatic carbocycles. The van der Waals surface area contributed by atoms with Gasteiger partial charge < -0.3 is 10.2 Å². The zero-order valence-corrected chi connectivity index (χ0v) is 13.5. The second-order valence-electron chi connectivity index (χ2n) is 6.05. The SMILES string of the molecule is CNC(C)c1csc(N2CCC(N3CCCCC3)C2)n1. The van der Waals surface area contributed by atoms with Crippen LogP contribution in [0, 0.1) is 0 Å². The predicted molar refractivity (Wildman–Crippen MR) is 85.6 cm³/mol. The van der Waals surface area contributed by atoms with Crippen molar-refractivity contribution in [1.29, 1.82) is 0 Å². The number of hydrogen-bond donors (Lipinski definition) is 1. The lowest BCUT2D eigenvalue weighted by Crippen LogP contribution is -2.40. The van der Waals surface area contributed by atoms with Crippen LogP contribution < -0.4 is 10.2 Å². The van der Waals surface area contributed by atoms with Gasteiger partial charge in [0.1, 0.15) is 0 Å². The minimum Gasteiger partial charge on any atom is -0.346 e. The molecule has 0 aromatic carbocycles. The Bertz CT molecular complexity index is 427. The van der Waals surface area contributed by atoms with Crippen LogP contribution in [0.1, 0.15) is 44.3 Å². The van der Waals surface area contributed by atoms with Crippen molar-refractivity contribution in [3.05, 3.63) is 11.1 Å². The molecular weight excluding hydrogens is 268 g/mol. The standard InChI is InChI=1S/C15H26N4S/c1-12(16-2)14-11-20-15(17-14)19-9-6-13(10-19)18-7-4-3-5-8-18/h11-13,16H,3-10H2,1-2H3. The Labute approximate surface area is 126 Å². The van der Waals surface area contributed by atoms with Crippen LogP contribution in [0.4, 0.5) is 5.13 Å². The summed E-state index contributed by atoms with van der Waals surface area (Å²) < 4.78 is 0. The number of anilines is 1. The van der Waals surface area contributed by atoms with Gasteiger partial charge in [-0.1, -0.05) is 6.42 Å². The number of rotatable bonds is 4. The first-order chi connectivity index (χ1) is 9.78. The Morgan fingerprint density at radius 2 is 2.10 bits per heavy atom. The minimum absolute atomic E-state index is 0.348. The minimum atomic E-state index is 0.348. The van der Waals surface area contributed by atoms with E-state index in [1.54, 1.807) is 11.3 Å². The maximum absolute atomic E-state index is 4.81. The number of nitrogens with one attached hydrogen (secondary N) is 1. The van der Waals surface area contributed by atoms with Gasteiger partial charge in [-0.2, -0.15) is 0 Å². The second kappa shape index (κ2) is 6.41. The van der Waals surface area contributed by atoms with Gasteiger partial charge in [0.05, 0.1) is 5.69 Å². The van der Waals surface area contributed by atoms with E-state index in [9.17, 15) is 0 Å². The molecule has 2 saturated heterocycles. The Kier molecular flexibility index (Phi) is 4.58. The molecule has 2 aliphatic rings. The highest BCUT2D eigenvalue weighted by atomic mass is 32.1. The molecule has 0 radical (unpaired) electrons. The monoisotopic (exact) mass is 294 g/mol. The third-order valence-corrected chi connectivity index (χ3v) is 5.65. The van der Waals surface area contributed by atoms with Crippen molar-refractivity contribution >= 4 is 16.5 Å². The van der Waals surface area contributed by atoms with Crippen LogP contribution in [-0.2, 0) is 0 Å². The van der Waals surface area contributed by atoms with Crippen LogP contribution >= 0.6 is 11.3 Å². The molecule has 3 rings (SSSR count). The molecule has 5 heteroatoms. The van der Waals surface area contributed by atoms with E-state index in [-0.39, 0.29) is 0 Å². The van der Waals surface area contributed by atoms with Gasteiger partial charge in [0.15, 0.2) is 5.13 Å². The predicted octanol–water partition coefficient (Wildman–Crippen LogP) is 2.49. The van der Waals surface area contributed by atoms with Crippen molar-refractivity contribution in [3.63, 3.8) is 0 Å². The van der Waals surface area contributed by atoms with Gasteiger partial charge in [-0.3, -0.25) is 4.90 Å². The van der Waals surface area contributed by atoms with Crippen molar-refractivity contribution < 1.29 is 0 Å². The molecule has 1 aromatic heterocycles. The molecule has 0 bridgehead atoms. The molecule has 0 spiro atoms. The highest BCUT2D eigenvalue weighted by molar-refractivity contribution is 7.13. The molecule has 0 saturated carbocycles. The van der Waals surface area contributed by atoms with Crippen LogP contribution in [0.5, 0.6) is 0 Å². The fourth-order valence-electron chi connectivity index (χ4n) is 3.27. The Balaban J connectivity index is 1.60. The summed E-state index contributed by atoms with van der Waals surface area (Å²) in [6.45, 7) is 7.11. The van der Waals surface area contributed by atoms with E-state index < -0.39 is 0 Å². The number of nitrogens with zero attached hydrogens (tertiary/aromatic N) is 3. The first kappa shape index (κ1) is 14.3. The maximum Gasteiger partial charge on any atom is 0.185 e. The summed E-state index contributed by atoms with van der Waals surface area (Å²) in [6, 6.07) is 1.10. The number of thiazole rings is 1. The van der Waals surface area contributed by atoms with Gasteiger partial charge in [-0.25, -0.2) is 4.98 Å². The average Bonchev–Trinajstić information content (AvgIpc) is 3.16. The summed E-state index contributed by atoms with van der Waals surface area (Å²) in [4.78, 5) is 9.99. The molecule has 2 atom stereocenters. The van der Waals surface area contributed by atoms with Crippen molar-refractivity contribution in [3.8, 4) is 0 Å². The van der Waals surface area contributed by atoms with Crippen molar-refractivity contribution in [2.75, 3.05) is 38.1 Å². The van der Waals surface area contributed by atoms with E-state index in [2.05, 4.69) is 27.4 Å². The summed E-state index contributed by atoms with van der Waals surface area (Å²) in [5.74, 6) is 0. The fourth-order valence-corrected chi connectivity index (χ4v) is 4.22. The highest BCUT2D eigenvalue weighted by Crippen LogP contribution is 2.29. The molecule has 20 heavy (non-hydrogen) atoms. The Hall–Kier alpha value is -0.650. The third-order valence-electron chi connectivity index (χ3n) is 4.73. The van der Waals surface area contributed by atoms with Crippen molar-refractivity contribution in [2.45, 2.75) is 44.7 Å². The van der Waals surface area contributed by atoms with E-state index >= 15 is 0 Å². The van der Waals surface area contributed by atoms with Gasteiger partial charge in [0, 0.05) is 30.6 Å².